The second kappa shape index (κ2) is 15.4. The number of rotatable bonds is 9. The quantitative estimate of drug-likeness (QED) is 0.145. The molecular formula is C56H43N3. The van der Waals surface area contributed by atoms with E-state index < -0.39 is 0 Å². The lowest BCUT2D eigenvalue weighted by molar-refractivity contribution is 1.17. The van der Waals surface area contributed by atoms with Gasteiger partial charge in [-0.3, -0.25) is 0 Å². The number of aromatic nitrogens is 1. The predicted molar refractivity (Wildman–Crippen MR) is 250 cm³/mol. The number of anilines is 6. The van der Waals surface area contributed by atoms with Crippen LogP contribution in [0.5, 0.6) is 0 Å². The summed E-state index contributed by atoms with van der Waals surface area (Å²) in [6.45, 7) is 4.28. The average molecular weight is 758 g/mol. The Hall–Kier alpha value is -7.62. The smallest absolute Gasteiger partial charge is 0.0562 e. The zero-order chi connectivity index (χ0) is 39.7. The van der Waals surface area contributed by atoms with Gasteiger partial charge < -0.3 is 14.4 Å². The molecule has 0 bridgehead atoms. The molecule has 10 aromatic rings. The van der Waals surface area contributed by atoms with E-state index in [4.69, 9.17) is 0 Å². The summed E-state index contributed by atoms with van der Waals surface area (Å²) in [6.07, 6.45) is 0. The molecular weight excluding hydrogens is 715 g/mol. The van der Waals surface area contributed by atoms with Gasteiger partial charge in [0.05, 0.1) is 16.7 Å². The maximum absolute atomic E-state index is 2.43. The molecule has 0 radical (unpaired) electrons. The fraction of sp³-hybridized carbons (Fsp3) is 0.0357. The Morgan fingerprint density at radius 3 is 1.32 bits per heavy atom. The zero-order valence-electron chi connectivity index (χ0n) is 33.2. The molecule has 282 valence electrons. The van der Waals surface area contributed by atoms with Crippen LogP contribution in [-0.4, -0.2) is 4.57 Å². The standard InChI is InChI=1S/C56H43N3/c1-40-23-31-46(32-24-40)57(47-35-27-44(28-36-47)42-13-5-3-6-14-42)50-17-11-18-51(39-50)59-53-20-10-9-19-52(53)56-54(21-12-22-55(56)59)58(48-33-25-41(2)26-34-48)49-37-29-45(30-38-49)43-15-7-4-8-16-43/h3-39H,1-2H3. The molecule has 0 atom stereocenters. The largest absolute Gasteiger partial charge is 0.310 e. The molecule has 0 unspecified atom stereocenters. The van der Waals surface area contributed by atoms with Gasteiger partial charge in [-0.2, -0.15) is 0 Å². The first kappa shape index (κ1) is 35.8. The van der Waals surface area contributed by atoms with Crippen molar-refractivity contribution in [1.82, 2.24) is 4.57 Å². The summed E-state index contributed by atoms with van der Waals surface area (Å²) in [6, 6.07) is 81.2. The van der Waals surface area contributed by atoms with E-state index in [1.807, 2.05) is 0 Å². The van der Waals surface area contributed by atoms with Gasteiger partial charge >= 0.3 is 0 Å². The van der Waals surface area contributed by atoms with E-state index in [0.717, 1.165) is 50.8 Å². The molecule has 0 fully saturated rings. The van der Waals surface area contributed by atoms with E-state index in [1.54, 1.807) is 0 Å². The minimum Gasteiger partial charge on any atom is -0.310 e. The van der Waals surface area contributed by atoms with Crippen LogP contribution in [0.25, 0.3) is 49.7 Å². The molecule has 1 aromatic heterocycles. The molecule has 0 spiro atoms. The number of fused-ring (bicyclic) bond motifs is 3. The minimum atomic E-state index is 1.08. The van der Waals surface area contributed by atoms with E-state index >= 15 is 0 Å². The van der Waals surface area contributed by atoms with Crippen LogP contribution in [0.4, 0.5) is 34.1 Å². The fourth-order valence-corrected chi connectivity index (χ4v) is 8.37. The highest BCUT2D eigenvalue weighted by molar-refractivity contribution is 6.16. The van der Waals surface area contributed by atoms with Crippen molar-refractivity contribution >= 4 is 55.9 Å². The van der Waals surface area contributed by atoms with Gasteiger partial charge in [0, 0.05) is 44.9 Å². The van der Waals surface area contributed by atoms with Crippen LogP contribution in [0.1, 0.15) is 11.1 Å². The van der Waals surface area contributed by atoms with Crippen molar-refractivity contribution in [2.75, 3.05) is 9.80 Å². The summed E-state index contributed by atoms with van der Waals surface area (Å²) in [5, 5.41) is 2.40. The van der Waals surface area contributed by atoms with Crippen LogP contribution in [0, 0.1) is 13.8 Å². The van der Waals surface area contributed by atoms with Gasteiger partial charge in [0.1, 0.15) is 0 Å². The van der Waals surface area contributed by atoms with Crippen molar-refractivity contribution in [2.24, 2.45) is 0 Å². The van der Waals surface area contributed by atoms with E-state index in [0.29, 0.717) is 0 Å². The lowest BCUT2D eigenvalue weighted by Gasteiger charge is -2.27. The van der Waals surface area contributed by atoms with Gasteiger partial charge in [-0.25, -0.2) is 0 Å². The Bertz CT molecular complexity index is 3020. The highest BCUT2D eigenvalue weighted by atomic mass is 15.2. The second-order valence-corrected chi connectivity index (χ2v) is 15.2. The molecule has 0 N–H and O–H groups in total. The monoisotopic (exact) mass is 757 g/mol. The highest BCUT2D eigenvalue weighted by Gasteiger charge is 2.22. The highest BCUT2D eigenvalue weighted by Crippen LogP contribution is 2.45. The zero-order valence-corrected chi connectivity index (χ0v) is 33.2. The maximum atomic E-state index is 2.43. The Kier molecular flexibility index (Phi) is 9.32. The van der Waals surface area contributed by atoms with E-state index in [2.05, 4.69) is 253 Å². The SMILES string of the molecule is Cc1ccc(N(c2ccc(-c3ccccc3)cc2)c2cccc(-n3c4ccccc4c4c(N(c5ccc(C)cc5)c5ccc(-c6ccccc6)cc5)cccc43)c2)cc1. The fourth-order valence-electron chi connectivity index (χ4n) is 8.37. The normalized spacial score (nSPS) is 11.2. The van der Waals surface area contributed by atoms with Crippen molar-refractivity contribution in [3.8, 4) is 27.9 Å². The third-order valence-corrected chi connectivity index (χ3v) is 11.3. The van der Waals surface area contributed by atoms with Crippen molar-refractivity contribution in [1.29, 1.82) is 0 Å². The van der Waals surface area contributed by atoms with E-state index in [-0.39, 0.29) is 0 Å². The topological polar surface area (TPSA) is 11.4 Å². The van der Waals surface area contributed by atoms with Crippen molar-refractivity contribution in [3.05, 3.63) is 236 Å². The first-order valence-corrected chi connectivity index (χ1v) is 20.3. The number of hydrogen-bond donors (Lipinski definition) is 0. The number of hydrogen-bond acceptors (Lipinski definition) is 2. The summed E-state index contributed by atoms with van der Waals surface area (Å²) >= 11 is 0. The van der Waals surface area contributed by atoms with Crippen molar-refractivity contribution in [2.45, 2.75) is 13.8 Å². The minimum absolute atomic E-state index is 1.08. The van der Waals surface area contributed by atoms with Crippen LogP contribution in [0.3, 0.4) is 0 Å². The number of para-hydroxylation sites is 1. The van der Waals surface area contributed by atoms with Gasteiger partial charge in [0.15, 0.2) is 0 Å². The first-order valence-electron chi connectivity index (χ1n) is 20.3. The molecule has 59 heavy (non-hydrogen) atoms. The summed E-state index contributed by atoms with van der Waals surface area (Å²) in [5.74, 6) is 0. The Balaban J connectivity index is 1.13. The number of aryl methyl sites for hydroxylation is 2. The first-order chi connectivity index (χ1) is 29.1. The second-order valence-electron chi connectivity index (χ2n) is 15.2. The van der Waals surface area contributed by atoms with Gasteiger partial charge in [0.25, 0.3) is 0 Å². The molecule has 3 heteroatoms. The van der Waals surface area contributed by atoms with Gasteiger partial charge in [-0.05, 0) is 121 Å². The lowest BCUT2D eigenvalue weighted by Crippen LogP contribution is -2.11. The molecule has 3 nitrogen and oxygen atoms in total. The number of nitrogens with zero attached hydrogens (tertiary/aromatic N) is 3. The Labute approximate surface area is 346 Å². The summed E-state index contributed by atoms with van der Waals surface area (Å²) in [4.78, 5) is 4.76. The average Bonchev–Trinajstić information content (AvgIpc) is 3.64. The van der Waals surface area contributed by atoms with Crippen LogP contribution >= 0.6 is 0 Å². The van der Waals surface area contributed by atoms with Crippen LogP contribution < -0.4 is 9.80 Å². The third kappa shape index (κ3) is 6.83. The number of benzene rings is 9. The molecule has 0 amide bonds. The molecule has 9 aromatic carbocycles. The van der Waals surface area contributed by atoms with Gasteiger partial charge in [-0.1, -0.05) is 151 Å². The third-order valence-electron chi connectivity index (χ3n) is 11.3. The summed E-state index contributed by atoms with van der Waals surface area (Å²) < 4.78 is 2.43. The molecule has 10 rings (SSSR count). The molecule has 0 aliphatic carbocycles. The molecule has 0 saturated carbocycles. The van der Waals surface area contributed by atoms with E-state index in [1.165, 1.54) is 44.2 Å². The van der Waals surface area contributed by atoms with Gasteiger partial charge in [-0.15, -0.1) is 0 Å². The van der Waals surface area contributed by atoms with Gasteiger partial charge in [0.2, 0.25) is 0 Å². The Morgan fingerprint density at radius 1 is 0.322 bits per heavy atom. The van der Waals surface area contributed by atoms with Crippen molar-refractivity contribution < 1.29 is 0 Å². The van der Waals surface area contributed by atoms with E-state index in [9.17, 15) is 0 Å². The van der Waals surface area contributed by atoms with Crippen molar-refractivity contribution in [3.63, 3.8) is 0 Å². The molecule has 1 heterocycles. The maximum Gasteiger partial charge on any atom is 0.0562 e. The summed E-state index contributed by atoms with van der Waals surface area (Å²) in [7, 11) is 0. The molecule has 0 saturated heterocycles. The van der Waals surface area contributed by atoms with Crippen LogP contribution in [0.15, 0.2) is 224 Å². The predicted octanol–water partition coefficient (Wildman–Crippen LogP) is 15.7. The van der Waals surface area contributed by atoms with Crippen LogP contribution in [0.2, 0.25) is 0 Å². The summed E-state index contributed by atoms with van der Waals surface area (Å²) in [5.41, 5.74) is 17.3. The van der Waals surface area contributed by atoms with Crippen LogP contribution in [-0.2, 0) is 0 Å². The lowest BCUT2D eigenvalue weighted by atomic mass is 10.0. The molecule has 0 aliphatic rings. The molecule has 0 aliphatic heterocycles. The Morgan fingerprint density at radius 2 is 0.763 bits per heavy atom.